The minimum absolute atomic E-state index is 0.280. The number of aromatic nitrogens is 1. The molecule has 0 spiro atoms. The van der Waals surface area contributed by atoms with Crippen molar-refractivity contribution in [3.63, 3.8) is 0 Å². The van der Waals surface area contributed by atoms with Crippen molar-refractivity contribution in [2.75, 3.05) is 19.8 Å². The molecule has 1 atom stereocenters. The van der Waals surface area contributed by atoms with E-state index < -0.39 is 18.7 Å². The maximum atomic E-state index is 14.0. The maximum Gasteiger partial charge on any atom is 0.341 e. The normalized spacial score (nSPS) is 11.8. The van der Waals surface area contributed by atoms with Crippen LogP contribution in [0.1, 0.15) is 29.8 Å². The predicted molar refractivity (Wildman–Crippen MR) is 119 cm³/mol. The first kappa shape index (κ1) is 23.2. The van der Waals surface area contributed by atoms with Crippen LogP contribution in [0, 0.1) is 19.7 Å². The zero-order valence-electron chi connectivity index (χ0n) is 18.3. The number of aliphatic carboxylic acids is 1. The second kappa shape index (κ2) is 10.7. The molecule has 6 nitrogen and oxygen atoms in total. The van der Waals surface area contributed by atoms with Crippen LogP contribution >= 0.6 is 0 Å². The Labute approximate surface area is 186 Å². The molecule has 3 aromatic rings. The van der Waals surface area contributed by atoms with Crippen molar-refractivity contribution in [3.05, 3.63) is 77.2 Å². The van der Waals surface area contributed by atoms with Crippen LogP contribution in [0.4, 0.5) is 4.39 Å². The number of aryl methyl sites for hydroxylation is 2. The molecular weight excluding hydrogens is 413 g/mol. The lowest BCUT2D eigenvalue weighted by atomic mass is 10.1. The smallest absolute Gasteiger partial charge is 0.341 e. The maximum absolute atomic E-state index is 14.0. The quantitative estimate of drug-likeness (QED) is 0.472. The fourth-order valence-electron chi connectivity index (χ4n) is 3.11. The van der Waals surface area contributed by atoms with Gasteiger partial charge in [0, 0.05) is 12.2 Å². The molecule has 1 heterocycles. The number of carboxylic acid groups (broad SMARTS) is 1. The molecule has 0 bridgehead atoms. The average molecular weight is 439 g/mol. The number of ether oxygens (including phenoxy) is 3. The predicted octanol–water partition coefficient (Wildman–Crippen LogP) is 5.12. The lowest BCUT2D eigenvalue weighted by molar-refractivity contribution is -0.139. The van der Waals surface area contributed by atoms with Crippen molar-refractivity contribution in [1.82, 2.24) is 4.98 Å². The van der Waals surface area contributed by atoms with Crippen LogP contribution in [-0.4, -0.2) is 35.9 Å². The zero-order valence-corrected chi connectivity index (χ0v) is 18.3. The summed E-state index contributed by atoms with van der Waals surface area (Å²) in [5.74, 6) is -0.274. The minimum atomic E-state index is -1.04. The molecule has 0 aliphatic rings. The van der Waals surface area contributed by atoms with Gasteiger partial charge in [0.2, 0.25) is 0 Å². The zero-order chi connectivity index (χ0) is 23.1. The number of benzene rings is 2. The molecule has 0 amide bonds. The first-order valence-electron chi connectivity index (χ1n) is 10.3. The number of hydrogen-bond donors (Lipinski definition) is 1. The molecule has 0 saturated carbocycles. The monoisotopic (exact) mass is 439 g/mol. The summed E-state index contributed by atoms with van der Waals surface area (Å²) in [7, 11) is 0. The van der Waals surface area contributed by atoms with Gasteiger partial charge in [0.15, 0.2) is 12.7 Å². The Hall–Kier alpha value is -3.45. The van der Waals surface area contributed by atoms with E-state index in [1.807, 2.05) is 38.1 Å². The Bertz CT molecular complexity index is 1090. The van der Waals surface area contributed by atoms with Gasteiger partial charge < -0.3 is 19.3 Å². The van der Waals surface area contributed by atoms with E-state index in [1.165, 1.54) is 6.07 Å². The summed E-state index contributed by atoms with van der Waals surface area (Å²) in [6, 6.07) is 15.7. The van der Waals surface area contributed by atoms with Gasteiger partial charge in [-0.1, -0.05) is 18.2 Å². The van der Waals surface area contributed by atoms with Crippen LogP contribution in [0.25, 0.3) is 11.3 Å². The Balaban J connectivity index is 1.84. The van der Waals surface area contributed by atoms with Crippen molar-refractivity contribution in [2.45, 2.75) is 26.9 Å². The fourth-order valence-corrected chi connectivity index (χ4v) is 3.11. The molecule has 2 aromatic carbocycles. The highest BCUT2D eigenvalue weighted by Crippen LogP contribution is 2.28. The number of carbonyl (C=O) groups is 1. The third kappa shape index (κ3) is 6.04. The van der Waals surface area contributed by atoms with Gasteiger partial charge in [-0.25, -0.2) is 14.2 Å². The van der Waals surface area contributed by atoms with Crippen LogP contribution in [0.3, 0.4) is 0 Å². The minimum Gasteiger partial charge on any atom is -0.482 e. The fraction of sp³-hybridized carbons (Fsp3) is 0.280. The molecule has 0 aliphatic carbocycles. The molecule has 3 rings (SSSR count). The van der Waals surface area contributed by atoms with Crippen LogP contribution in [0.5, 0.6) is 11.5 Å². The number of pyridine rings is 1. The topological polar surface area (TPSA) is 77.9 Å². The molecule has 32 heavy (non-hydrogen) atoms. The number of carboxylic acids is 1. The van der Waals surface area contributed by atoms with Crippen LogP contribution in [0.15, 0.2) is 54.6 Å². The molecule has 0 radical (unpaired) electrons. The van der Waals surface area contributed by atoms with E-state index >= 15 is 0 Å². The Kier molecular flexibility index (Phi) is 7.78. The summed E-state index contributed by atoms with van der Waals surface area (Å²) >= 11 is 0. The third-order valence-corrected chi connectivity index (χ3v) is 4.82. The van der Waals surface area contributed by atoms with E-state index in [2.05, 4.69) is 0 Å². The third-order valence-electron chi connectivity index (χ3n) is 4.82. The van der Waals surface area contributed by atoms with E-state index in [4.69, 9.17) is 24.3 Å². The molecule has 0 fully saturated rings. The van der Waals surface area contributed by atoms with Crippen LogP contribution < -0.4 is 9.47 Å². The molecule has 0 saturated heterocycles. The molecule has 1 unspecified atom stereocenters. The van der Waals surface area contributed by atoms with E-state index in [-0.39, 0.29) is 12.4 Å². The highest BCUT2D eigenvalue weighted by molar-refractivity contribution is 5.68. The average Bonchev–Trinajstić information content (AvgIpc) is 2.78. The van der Waals surface area contributed by atoms with Gasteiger partial charge in [-0.05, 0) is 68.3 Å². The first-order valence-corrected chi connectivity index (χ1v) is 10.3. The van der Waals surface area contributed by atoms with Gasteiger partial charge in [0.05, 0.1) is 18.0 Å². The first-order chi connectivity index (χ1) is 15.4. The molecule has 1 aromatic heterocycles. The van der Waals surface area contributed by atoms with Crippen LogP contribution in [0.2, 0.25) is 0 Å². The van der Waals surface area contributed by atoms with Crippen LogP contribution in [-0.2, 0) is 9.53 Å². The van der Waals surface area contributed by atoms with Gasteiger partial charge in [-0.3, -0.25) is 0 Å². The van der Waals surface area contributed by atoms with Crippen molar-refractivity contribution in [2.24, 2.45) is 0 Å². The second-order valence-electron chi connectivity index (χ2n) is 7.29. The largest absolute Gasteiger partial charge is 0.482 e. The van der Waals surface area contributed by atoms with Gasteiger partial charge in [-0.2, -0.15) is 0 Å². The van der Waals surface area contributed by atoms with Crippen molar-refractivity contribution in [3.8, 4) is 22.8 Å². The number of nitrogens with zero attached hydrogens (tertiary/aromatic N) is 1. The number of rotatable bonds is 10. The van der Waals surface area contributed by atoms with Crippen molar-refractivity contribution in [1.29, 1.82) is 0 Å². The molecular formula is C25H26FNO5. The summed E-state index contributed by atoms with van der Waals surface area (Å²) in [6.45, 7) is 5.82. The lowest BCUT2D eigenvalue weighted by Gasteiger charge is -2.20. The van der Waals surface area contributed by atoms with Gasteiger partial charge in [-0.15, -0.1) is 0 Å². The van der Waals surface area contributed by atoms with Gasteiger partial charge >= 0.3 is 5.97 Å². The summed E-state index contributed by atoms with van der Waals surface area (Å²) < 4.78 is 31.1. The van der Waals surface area contributed by atoms with Crippen molar-refractivity contribution < 1.29 is 28.5 Å². The standard InChI is InChI=1S/C25H26FNO5/c1-4-30-14-24(32-19-10-11-23(17(3)12-19)31-15-25(28)29)22-7-5-6-21(27-22)18-9-8-16(2)20(26)13-18/h5-13,24H,4,14-15H2,1-3H3,(H,28,29). The Morgan fingerprint density at radius 2 is 1.91 bits per heavy atom. The molecule has 168 valence electrons. The van der Waals surface area contributed by atoms with E-state index in [9.17, 15) is 9.18 Å². The van der Waals surface area contributed by atoms with Gasteiger partial charge in [0.1, 0.15) is 17.3 Å². The molecule has 7 heteroatoms. The van der Waals surface area contributed by atoms with Gasteiger partial charge in [0.25, 0.3) is 0 Å². The summed E-state index contributed by atoms with van der Waals surface area (Å²) in [4.78, 5) is 15.4. The SMILES string of the molecule is CCOCC(Oc1ccc(OCC(=O)O)c(C)c1)c1cccc(-c2ccc(C)c(F)c2)n1. The van der Waals surface area contributed by atoms with E-state index in [1.54, 1.807) is 31.2 Å². The summed E-state index contributed by atoms with van der Waals surface area (Å²) in [5, 5.41) is 8.79. The Morgan fingerprint density at radius 3 is 2.59 bits per heavy atom. The highest BCUT2D eigenvalue weighted by atomic mass is 19.1. The van der Waals surface area contributed by atoms with Crippen molar-refractivity contribution >= 4 is 5.97 Å². The summed E-state index contributed by atoms with van der Waals surface area (Å²) in [5.41, 5.74) is 3.30. The number of hydrogen-bond acceptors (Lipinski definition) is 5. The van der Waals surface area contributed by atoms with E-state index in [0.717, 1.165) is 5.56 Å². The molecule has 0 aliphatic heterocycles. The van der Waals surface area contributed by atoms with E-state index in [0.29, 0.717) is 40.6 Å². The highest BCUT2D eigenvalue weighted by Gasteiger charge is 2.17. The number of halogens is 1. The lowest BCUT2D eigenvalue weighted by Crippen LogP contribution is -2.16. The second-order valence-corrected chi connectivity index (χ2v) is 7.29. The summed E-state index contributed by atoms with van der Waals surface area (Å²) in [6.07, 6.45) is -0.490. The Morgan fingerprint density at radius 1 is 1.09 bits per heavy atom. The molecule has 1 N–H and O–H groups in total.